The van der Waals surface area contributed by atoms with E-state index in [-0.39, 0.29) is 12.0 Å². The molecule has 0 aromatic heterocycles. The van der Waals surface area contributed by atoms with Gasteiger partial charge in [-0.05, 0) is 67.6 Å². The molecule has 37 heavy (non-hydrogen) atoms. The number of benzene rings is 3. The maximum atomic E-state index is 12.6. The Labute approximate surface area is 216 Å². The van der Waals surface area contributed by atoms with Crippen molar-refractivity contribution in [2.45, 2.75) is 31.8 Å². The molecule has 4 rings (SSSR count). The standard InChI is InChI=1S/C29H31N3O5/c1-36-26-17-16-22(19-27(26)37-23-8-2-3-9-23)30-18-6-7-20-12-14-21(15-13-20)28(33)31-24-10-4-5-11-25(24)32-29(34)35/h4-7,10-17,19,23,30,32H,2-3,8-9,18H2,1H3,(H,31,33)(H,34,35)/b7-6+. The van der Waals surface area contributed by atoms with Crippen molar-refractivity contribution in [3.8, 4) is 11.5 Å². The summed E-state index contributed by atoms with van der Waals surface area (Å²) in [6.07, 6.45) is 7.62. The second-order valence-corrected chi connectivity index (χ2v) is 8.73. The lowest BCUT2D eigenvalue weighted by Gasteiger charge is -2.17. The maximum Gasteiger partial charge on any atom is 0.409 e. The Morgan fingerprint density at radius 3 is 2.32 bits per heavy atom. The van der Waals surface area contributed by atoms with Crippen molar-refractivity contribution in [2.75, 3.05) is 29.6 Å². The van der Waals surface area contributed by atoms with Crippen LogP contribution in [-0.2, 0) is 0 Å². The second kappa shape index (κ2) is 12.5. The molecule has 2 amide bonds. The highest BCUT2D eigenvalue weighted by atomic mass is 16.5. The third-order valence-electron chi connectivity index (χ3n) is 6.08. The fourth-order valence-electron chi connectivity index (χ4n) is 4.19. The highest BCUT2D eigenvalue weighted by Crippen LogP contribution is 2.34. The molecule has 3 aromatic rings. The minimum Gasteiger partial charge on any atom is -0.493 e. The zero-order valence-electron chi connectivity index (χ0n) is 20.7. The highest BCUT2D eigenvalue weighted by molar-refractivity contribution is 6.06. The first-order valence-corrected chi connectivity index (χ1v) is 12.3. The molecule has 8 heteroatoms. The minimum absolute atomic E-state index is 0.255. The van der Waals surface area contributed by atoms with Gasteiger partial charge in [-0.3, -0.25) is 10.1 Å². The molecule has 0 aliphatic heterocycles. The highest BCUT2D eigenvalue weighted by Gasteiger charge is 2.18. The van der Waals surface area contributed by atoms with E-state index < -0.39 is 6.09 Å². The van der Waals surface area contributed by atoms with Crippen LogP contribution in [-0.4, -0.2) is 36.9 Å². The Morgan fingerprint density at radius 1 is 0.946 bits per heavy atom. The lowest BCUT2D eigenvalue weighted by molar-refractivity contribution is 0.102. The van der Waals surface area contributed by atoms with E-state index in [1.165, 1.54) is 12.8 Å². The van der Waals surface area contributed by atoms with Crippen molar-refractivity contribution < 1.29 is 24.2 Å². The molecular formula is C29H31N3O5. The van der Waals surface area contributed by atoms with Gasteiger partial charge in [0.1, 0.15) is 0 Å². The Hall–Kier alpha value is -4.46. The minimum atomic E-state index is -1.20. The van der Waals surface area contributed by atoms with Gasteiger partial charge in [-0.15, -0.1) is 0 Å². The van der Waals surface area contributed by atoms with Crippen LogP contribution in [0.15, 0.2) is 72.8 Å². The number of hydrogen-bond acceptors (Lipinski definition) is 5. The van der Waals surface area contributed by atoms with Crippen molar-refractivity contribution in [3.63, 3.8) is 0 Å². The van der Waals surface area contributed by atoms with E-state index in [0.29, 0.717) is 23.5 Å². The van der Waals surface area contributed by atoms with Gasteiger partial charge in [-0.1, -0.05) is 36.4 Å². The molecule has 8 nitrogen and oxygen atoms in total. The lowest BCUT2D eigenvalue weighted by atomic mass is 10.1. The normalized spacial score (nSPS) is 13.3. The predicted molar refractivity (Wildman–Crippen MR) is 146 cm³/mol. The number of ether oxygens (including phenoxy) is 2. The van der Waals surface area contributed by atoms with Crippen LogP contribution in [0, 0.1) is 0 Å². The van der Waals surface area contributed by atoms with Gasteiger partial charge < -0.3 is 25.2 Å². The van der Waals surface area contributed by atoms with Crippen molar-refractivity contribution >= 4 is 35.1 Å². The predicted octanol–water partition coefficient (Wildman–Crippen LogP) is 6.48. The third kappa shape index (κ3) is 7.27. The van der Waals surface area contributed by atoms with Crippen LogP contribution in [0.1, 0.15) is 41.6 Å². The van der Waals surface area contributed by atoms with Crippen LogP contribution in [0.2, 0.25) is 0 Å². The number of amides is 2. The van der Waals surface area contributed by atoms with E-state index in [9.17, 15) is 9.59 Å². The van der Waals surface area contributed by atoms with Gasteiger partial charge in [0.05, 0.1) is 24.6 Å². The smallest absolute Gasteiger partial charge is 0.409 e. The Balaban J connectivity index is 1.31. The molecule has 0 bridgehead atoms. The van der Waals surface area contributed by atoms with Crippen LogP contribution < -0.4 is 25.4 Å². The quantitative estimate of drug-likeness (QED) is 0.253. The van der Waals surface area contributed by atoms with Crippen LogP contribution in [0.5, 0.6) is 11.5 Å². The molecule has 0 saturated heterocycles. The molecule has 1 aliphatic rings. The van der Waals surface area contributed by atoms with E-state index in [2.05, 4.69) is 16.0 Å². The number of carbonyl (C=O) groups is 2. The summed E-state index contributed by atoms with van der Waals surface area (Å²) in [5, 5.41) is 17.4. The molecule has 0 heterocycles. The van der Waals surface area contributed by atoms with Crippen molar-refractivity contribution in [2.24, 2.45) is 0 Å². The average Bonchev–Trinajstić information content (AvgIpc) is 3.41. The summed E-state index contributed by atoms with van der Waals surface area (Å²) in [6, 6.07) is 19.7. The molecule has 3 aromatic carbocycles. The average molecular weight is 502 g/mol. The van der Waals surface area contributed by atoms with E-state index in [1.807, 2.05) is 42.5 Å². The van der Waals surface area contributed by atoms with Crippen LogP contribution in [0.25, 0.3) is 6.08 Å². The number of carbonyl (C=O) groups excluding carboxylic acids is 1. The Kier molecular flexibility index (Phi) is 8.65. The first-order chi connectivity index (χ1) is 18.0. The van der Waals surface area contributed by atoms with Crippen LogP contribution >= 0.6 is 0 Å². The summed E-state index contributed by atoms with van der Waals surface area (Å²) in [7, 11) is 1.65. The van der Waals surface area contributed by atoms with Gasteiger partial charge in [0, 0.05) is 23.9 Å². The van der Waals surface area contributed by atoms with Gasteiger partial charge in [-0.2, -0.15) is 0 Å². The number of anilines is 3. The lowest BCUT2D eigenvalue weighted by Crippen LogP contribution is -2.15. The van der Waals surface area contributed by atoms with E-state index in [4.69, 9.17) is 14.6 Å². The fourth-order valence-corrected chi connectivity index (χ4v) is 4.19. The van der Waals surface area contributed by atoms with Crippen LogP contribution in [0.4, 0.5) is 21.9 Å². The van der Waals surface area contributed by atoms with Crippen molar-refractivity contribution in [1.82, 2.24) is 0 Å². The Morgan fingerprint density at radius 2 is 1.65 bits per heavy atom. The van der Waals surface area contributed by atoms with Crippen molar-refractivity contribution in [1.29, 1.82) is 0 Å². The first-order valence-electron chi connectivity index (χ1n) is 12.3. The molecule has 4 N–H and O–H groups in total. The third-order valence-corrected chi connectivity index (χ3v) is 6.08. The number of para-hydroxylation sites is 2. The monoisotopic (exact) mass is 501 g/mol. The summed E-state index contributed by atoms with van der Waals surface area (Å²) in [5.41, 5.74) is 3.06. The second-order valence-electron chi connectivity index (χ2n) is 8.73. The molecule has 1 saturated carbocycles. The van der Waals surface area contributed by atoms with E-state index >= 15 is 0 Å². The molecule has 0 unspecified atom stereocenters. The summed E-state index contributed by atoms with van der Waals surface area (Å²) in [5.74, 6) is 1.17. The Bertz CT molecular complexity index is 1250. The number of hydrogen-bond donors (Lipinski definition) is 4. The van der Waals surface area contributed by atoms with E-state index in [1.54, 1.807) is 43.5 Å². The largest absolute Gasteiger partial charge is 0.493 e. The number of carboxylic acid groups (broad SMARTS) is 1. The molecular weight excluding hydrogens is 470 g/mol. The topological polar surface area (TPSA) is 109 Å². The fraction of sp³-hybridized carbons (Fsp3) is 0.241. The molecule has 192 valence electrons. The summed E-state index contributed by atoms with van der Waals surface area (Å²) in [4.78, 5) is 23.6. The number of rotatable bonds is 10. The van der Waals surface area contributed by atoms with Gasteiger partial charge >= 0.3 is 6.09 Å². The molecule has 0 atom stereocenters. The van der Waals surface area contributed by atoms with Gasteiger partial charge in [0.2, 0.25) is 0 Å². The van der Waals surface area contributed by atoms with Crippen molar-refractivity contribution in [3.05, 3.63) is 83.9 Å². The summed E-state index contributed by atoms with van der Waals surface area (Å²) >= 11 is 0. The number of nitrogens with one attached hydrogen (secondary N) is 3. The van der Waals surface area contributed by atoms with Gasteiger partial charge in [0.15, 0.2) is 11.5 Å². The van der Waals surface area contributed by atoms with E-state index in [0.717, 1.165) is 35.6 Å². The van der Waals surface area contributed by atoms with Crippen LogP contribution in [0.3, 0.4) is 0 Å². The molecule has 1 aliphatic carbocycles. The molecule has 0 spiro atoms. The molecule has 1 fully saturated rings. The maximum absolute atomic E-state index is 12.6. The molecule has 0 radical (unpaired) electrons. The van der Waals surface area contributed by atoms with Gasteiger partial charge in [-0.25, -0.2) is 4.79 Å². The summed E-state index contributed by atoms with van der Waals surface area (Å²) in [6.45, 7) is 0.616. The zero-order chi connectivity index (χ0) is 26.0. The SMILES string of the molecule is COc1ccc(NC/C=C/c2ccc(C(=O)Nc3ccccc3NC(=O)O)cc2)cc1OC1CCCC1. The first kappa shape index (κ1) is 25.6. The summed E-state index contributed by atoms with van der Waals surface area (Å²) < 4.78 is 11.6. The van der Waals surface area contributed by atoms with Gasteiger partial charge in [0.25, 0.3) is 5.91 Å². The zero-order valence-corrected chi connectivity index (χ0v) is 20.7. The number of methoxy groups -OCH3 is 1.